The Morgan fingerprint density at radius 3 is 2.92 bits per heavy atom. The Labute approximate surface area is 141 Å². The van der Waals surface area contributed by atoms with Gasteiger partial charge in [0, 0.05) is 37.2 Å². The zero-order valence-electron chi connectivity index (χ0n) is 13.7. The third kappa shape index (κ3) is 3.06. The van der Waals surface area contributed by atoms with E-state index < -0.39 is 0 Å². The Morgan fingerprint density at radius 1 is 1.25 bits per heavy atom. The number of nitrogens with one attached hydrogen (secondary N) is 1. The molecular formula is C18H22N4O2. The topological polar surface area (TPSA) is 67.3 Å². The van der Waals surface area contributed by atoms with Gasteiger partial charge in [0.05, 0.1) is 11.6 Å². The minimum Gasteiger partial charge on any atom is -0.376 e. The van der Waals surface area contributed by atoms with Crippen LogP contribution in [-0.4, -0.2) is 48.2 Å². The highest BCUT2D eigenvalue weighted by atomic mass is 16.5. The molecule has 2 aliphatic heterocycles. The summed E-state index contributed by atoms with van der Waals surface area (Å²) in [5, 5.41) is 3.92. The minimum atomic E-state index is -0.0661. The van der Waals surface area contributed by atoms with Crippen LogP contribution in [0, 0.1) is 0 Å². The van der Waals surface area contributed by atoms with Crippen LogP contribution in [0.5, 0.6) is 0 Å². The van der Waals surface area contributed by atoms with Gasteiger partial charge in [0.1, 0.15) is 12.1 Å². The van der Waals surface area contributed by atoms with Crippen LogP contribution in [0.2, 0.25) is 0 Å². The number of carbonyl (C=O) groups excluding carboxylic acids is 1. The summed E-state index contributed by atoms with van der Waals surface area (Å²) in [5.74, 6) is 0.870. The van der Waals surface area contributed by atoms with E-state index in [1.54, 1.807) is 6.33 Å². The SMILES string of the molecule is O=C(NCC1CCCO1)c1ccc2ncnc(N3CCCC3)c2c1. The lowest BCUT2D eigenvalue weighted by molar-refractivity contribution is 0.0858. The molecule has 0 aliphatic carbocycles. The number of ether oxygens (including phenoxy) is 1. The number of nitrogens with zero attached hydrogens (tertiary/aromatic N) is 3. The van der Waals surface area contributed by atoms with Crippen molar-refractivity contribution in [1.82, 2.24) is 15.3 Å². The molecule has 0 radical (unpaired) electrons. The van der Waals surface area contributed by atoms with Gasteiger partial charge in [-0.15, -0.1) is 0 Å². The van der Waals surface area contributed by atoms with Gasteiger partial charge in [0.25, 0.3) is 5.91 Å². The normalized spacial score (nSPS) is 20.7. The molecule has 1 aromatic heterocycles. The van der Waals surface area contributed by atoms with Crippen molar-refractivity contribution in [3.05, 3.63) is 30.1 Å². The second-order valence-corrected chi connectivity index (χ2v) is 6.47. The summed E-state index contributed by atoms with van der Waals surface area (Å²) in [5.41, 5.74) is 1.53. The van der Waals surface area contributed by atoms with Crippen LogP contribution < -0.4 is 10.2 Å². The summed E-state index contributed by atoms with van der Waals surface area (Å²) >= 11 is 0. The molecule has 0 bridgehead atoms. The Kier molecular flexibility index (Phi) is 4.30. The molecule has 1 N–H and O–H groups in total. The molecule has 6 heteroatoms. The summed E-state index contributed by atoms with van der Waals surface area (Å²) in [6, 6.07) is 5.64. The first-order valence-corrected chi connectivity index (χ1v) is 8.71. The minimum absolute atomic E-state index is 0.0661. The molecule has 6 nitrogen and oxygen atoms in total. The summed E-state index contributed by atoms with van der Waals surface area (Å²) in [4.78, 5) is 23.5. The summed E-state index contributed by atoms with van der Waals surface area (Å²) in [6.07, 6.45) is 6.23. The van der Waals surface area contributed by atoms with Gasteiger partial charge in [-0.2, -0.15) is 0 Å². The van der Waals surface area contributed by atoms with Crippen molar-refractivity contribution in [2.24, 2.45) is 0 Å². The lowest BCUT2D eigenvalue weighted by Gasteiger charge is -2.18. The van der Waals surface area contributed by atoms with E-state index >= 15 is 0 Å². The van der Waals surface area contributed by atoms with Crippen molar-refractivity contribution >= 4 is 22.6 Å². The van der Waals surface area contributed by atoms with Gasteiger partial charge >= 0.3 is 0 Å². The lowest BCUT2D eigenvalue weighted by Crippen LogP contribution is -2.31. The fourth-order valence-corrected chi connectivity index (χ4v) is 3.48. The smallest absolute Gasteiger partial charge is 0.251 e. The van der Waals surface area contributed by atoms with Crippen LogP contribution >= 0.6 is 0 Å². The molecule has 126 valence electrons. The van der Waals surface area contributed by atoms with Crippen molar-refractivity contribution in [1.29, 1.82) is 0 Å². The van der Waals surface area contributed by atoms with E-state index in [2.05, 4.69) is 20.2 Å². The number of benzene rings is 1. The van der Waals surface area contributed by atoms with E-state index in [1.165, 1.54) is 12.8 Å². The number of rotatable bonds is 4. The molecule has 2 saturated heterocycles. The highest BCUT2D eigenvalue weighted by Gasteiger charge is 2.19. The second kappa shape index (κ2) is 6.73. The summed E-state index contributed by atoms with van der Waals surface area (Å²) in [6.45, 7) is 3.40. The van der Waals surface area contributed by atoms with E-state index in [0.29, 0.717) is 12.1 Å². The van der Waals surface area contributed by atoms with E-state index in [1.807, 2.05) is 18.2 Å². The molecule has 4 rings (SSSR count). The Bertz CT molecular complexity index is 737. The van der Waals surface area contributed by atoms with Crippen molar-refractivity contribution in [3.8, 4) is 0 Å². The number of carbonyl (C=O) groups is 1. The Hall–Kier alpha value is -2.21. The molecule has 0 saturated carbocycles. The van der Waals surface area contributed by atoms with Crippen molar-refractivity contribution in [2.45, 2.75) is 31.8 Å². The molecule has 1 amide bonds. The Balaban J connectivity index is 1.56. The third-order valence-corrected chi connectivity index (χ3v) is 4.80. The first-order chi connectivity index (χ1) is 11.8. The maximum absolute atomic E-state index is 12.5. The van der Waals surface area contributed by atoms with E-state index in [0.717, 1.165) is 49.3 Å². The maximum atomic E-state index is 12.5. The summed E-state index contributed by atoms with van der Waals surface area (Å²) < 4.78 is 5.55. The lowest BCUT2D eigenvalue weighted by atomic mass is 10.1. The zero-order valence-corrected chi connectivity index (χ0v) is 13.7. The number of anilines is 1. The molecule has 2 aliphatic rings. The van der Waals surface area contributed by atoms with Gasteiger partial charge in [0.15, 0.2) is 0 Å². The molecule has 0 spiro atoms. The predicted molar refractivity (Wildman–Crippen MR) is 92.3 cm³/mol. The van der Waals surface area contributed by atoms with Crippen LogP contribution in [0.15, 0.2) is 24.5 Å². The number of fused-ring (bicyclic) bond motifs is 1. The molecular weight excluding hydrogens is 304 g/mol. The molecule has 24 heavy (non-hydrogen) atoms. The highest BCUT2D eigenvalue weighted by Crippen LogP contribution is 2.26. The molecule has 1 atom stereocenters. The molecule has 1 aromatic carbocycles. The van der Waals surface area contributed by atoms with E-state index in [-0.39, 0.29) is 12.0 Å². The first-order valence-electron chi connectivity index (χ1n) is 8.71. The van der Waals surface area contributed by atoms with Crippen LogP contribution in [0.25, 0.3) is 10.9 Å². The molecule has 3 heterocycles. The van der Waals surface area contributed by atoms with Gasteiger partial charge in [-0.05, 0) is 43.9 Å². The molecule has 2 fully saturated rings. The predicted octanol–water partition coefficient (Wildman–Crippen LogP) is 2.14. The van der Waals surface area contributed by atoms with Crippen LogP contribution in [0.4, 0.5) is 5.82 Å². The largest absolute Gasteiger partial charge is 0.376 e. The second-order valence-electron chi connectivity index (χ2n) is 6.47. The van der Waals surface area contributed by atoms with Crippen LogP contribution in [0.3, 0.4) is 0 Å². The summed E-state index contributed by atoms with van der Waals surface area (Å²) in [7, 11) is 0. The Morgan fingerprint density at radius 2 is 2.12 bits per heavy atom. The fourth-order valence-electron chi connectivity index (χ4n) is 3.48. The van der Waals surface area contributed by atoms with E-state index in [4.69, 9.17) is 4.74 Å². The van der Waals surface area contributed by atoms with Gasteiger partial charge in [-0.25, -0.2) is 9.97 Å². The zero-order chi connectivity index (χ0) is 16.4. The standard InChI is InChI=1S/C18H22N4O2/c23-18(19-11-14-4-3-9-24-14)13-5-6-16-15(10-13)17(21-12-20-16)22-7-1-2-8-22/h5-6,10,12,14H,1-4,7-9,11H2,(H,19,23). The van der Waals surface area contributed by atoms with Gasteiger partial charge in [0.2, 0.25) is 0 Å². The van der Waals surface area contributed by atoms with E-state index in [9.17, 15) is 4.79 Å². The average Bonchev–Trinajstić information content (AvgIpc) is 3.32. The van der Waals surface area contributed by atoms with Gasteiger partial charge < -0.3 is 15.0 Å². The molecule has 2 aromatic rings. The number of aromatic nitrogens is 2. The maximum Gasteiger partial charge on any atom is 0.251 e. The first kappa shape index (κ1) is 15.3. The van der Waals surface area contributed by atoms with Gasteiger partial charge in [-0.1, -0.05) is 0 Å². The quantitative estimate of drug-likeness (QED) is 0.932. The van der Waals surface area contributed by atoms with Crippen molar-refractivity contribution < 1.29 is 9.53 Å². The highest BCUT2D eigenvalue weighted by molar-refractivity contribution is 6.00. The van der Waals surface area contributed by atoms with Gasteiger partial charge in [-0.3, -0.25) is 4.79 Å². The van der Waals surface area contributed by atoms with Crippen molar-refractivity contribution in [3.63, 3.8) is 0 Å². The molecule has 1 unspecified atom stereocenters. The number of hydrogen-bond donors (Lipinski definition) is 1. The monoisotopic (exact) mass is 326 g/mol. The van der Waals surface area contributed by atoms with Crippen molar-refractivity contribution in [2.75, 3.05) is 31.1 Å². The number of hydrogen-bond acceptors (Lipinski definition) is 5. The van der Waals surface area contributed by atoms with Crippen LogP contribution in [-0.2, 0) is 4.74 Å². The third-order valence-electron chi connectivity index (χ3n) is 4.80. The number of amides is 1. The van der Waals surface area contributed by atoms with Crippen LogP contribution in [0.1, 0.15) is 36.0 Å². The average molecular weight is 326 g/mol. The fraction of sp³-hybridized carbons (Fsp3) is 0.500.